The van der Waals surface area contributed by atoms with Crippen LogP contribution in [0.3, 0.4) is 0 Å². The zero-order valence-corrected chi connectivity index (χ0v) is 12.7. The highest BCUT2D eigenvalue weighted by atomic mass is 35.5. The Balaban J connectivity index is 2.58. The Bertz CT molecular complexity index is 535. The Labute approximate surface area is 123 Å². The zero-order valence-electron chi connectivity index (χ0n) is 12.0. The van der Waals surface area contributed by atoms with Gasteiger partial charge in [-0.1, -0.05) is 18.5 Å². The molecule has 0 unspecified atom stereocenters. The quantitative estimate of drug-likeness (QED) is 0.874. The molecule has 0 heterocycles. The molecule has 0 atom stereocenters. The molecule has 4 nitrogen and oxygen atoms in total. The lowest BCUT2D eigenvalue weighted by Crippen LogP contribution is -2.16. The lowest BCUT2D eigenvalue weighted by atomic mass is 9.87. The summed E-state index contributed by atoms with van der Waals surface area (Å²) in [6.07, 6.45) is 2.61. The van der Waals surface area contributed by atoms with Gasteiger partial charge >= 0.3 is 5.97 Å². The number of carbonyl (C=O) groups is 1. The molecule has 0 radical (unpaired) electrons. The van der Waals surface area contributed by atoms with E-state index in [4.69, 9.17) is 26.2 Å². The van der Waals surface area contributed by atoms with Crippen molar-refractivity contribution in [3.05, 3.63) is 22.2 Å². The minimum atomic E-state index is -0.782. The molecule has 0 aliphatic heterocycles. The third-order valence-corrected chi connectivity index (χ3v) is 4.38. The molecule has 1 aromatic rings. The van der Waals surface area contributed by atoms with Crippen LogP contribution in [0.1, 0.15) is 37.3 Å². The van der Waals surface area contributed by atoms with Gasteiger partial charge in [-0.3, -0.25) is 4.79 Å². The van der Waals surface area contributed by atoms with Crippen molar-refractivity contribution in [2.45, 2.75) is 38.0 Å². The fourth-order valence-electron chi connectivity index (χ4n) is 2.79. The lowest BCUT2D eigenvalue weighted by Gasteiger charge is -2.22. The maximum absolute atomic E-state index is 11.1. The topological polar surface area (TPSA) is 55.8 Å². The third-order valence-electron chi connectivity index (χ3n) is 3.98. The Hall–Kier alpha value is -1.42. The molecule has 1 aliphatic rings. The highest BCUT2D eigenvalue weighted by Gasteiger charge is 2.48. The number of rotatable bonds is 6. The number of ether oxygens (including phenoxy) is 2. The Morgan fingerprint density at radius 3 is 2.45 bits per heavy atom. The first-order valence-electron chi connectivity index (χ1n) is 6.64. The maximum atomic E-state index is 11.1. The molecule has 0 bridgehead atoms. The van der Waals surface area contributed by atoms with E-state index >= 15 is 0 Å². The molecule has 1 saturated carbocycles. The number of hydrogen-bond acceptors (Lipinski definition) is 3. The van der Waals surface area contributed by atoms with Crippen molar-refractivity contribution < 1.29 is 19.4 Å². The van der Waals surface area contributed by atoms with Gasteiger partial charge in [0.15, 0.2) is 11.5 Å². The van der Waals surface area contributed by atoms with E-state index in [2.05, 4.69) is 0 Å². The maximum Gasteiger partial charge on any atom is 0.304 e. The summed E-state index contributed by atoms with van der Waals surface area (Å²) < 4.78 is 10.6. The van der Waals surface area contributed by atoms with Crippen molar-refractivity contribution in [1.82, 2.24) is 0 Å². The number of methoxy groups -OCH3 is 2. The van der Waals surface area contributed by atoms with E-state index in [9.17, 15) is 4.79 Å². The molecule has 1 aromatic carbocycles. The summed E-state index contributed by atoms with van der Waals surface area (Å²) in [5.74, 6) is 0.290. The van der Waals surface area contributed by atoms with E-state index in [1.165, 1.54) is 0 Å². The van der Waals surface area contributed by atoms with Gasteiger partial charge in [-0.05, 0) is 36.5 Å². The van der Waals surface area contributed by atoms with Crippen LogP contribution in [0.5, 0.6) is 11.5 Å². The molecule has 110 valence electrons. The molecule has 1 N–H and O–H groups in total. The van der Waals surface area contributed by atoms with Crippen molar-refractivity contribution in [2.75, 3.05) is 14.2 Å². The van der Waals surface area contributed by atoms with Gasteiger partial charge in [0, 0.05) is 5.41 Å². The normalized spacial score (nSPS) is 15.8. The number of carboxylic acid groups (broad SMARTS) is 1. The molecule has 2 rings (SSSR count). The fraction of sp³-hybridized carbons (Fsp3) is 0.533. The fourth-order valence-corrected chi connectivity index (χ4v) is 3.20. The molecule has 1 aliphatic carbocycles. The van der Waals surface area contributed by atoms with E-state index in [1.807, 2.05) is 13.0 Å². The zero-order chi connectivity index (χ0) is 14.9. The molecular weight excluding hydrogens is 280 g/mol. The van der Waals surface area contributed by atoms with Crippen LogP contribution in [0.25, 0.3) is 0 Å². The summed E-state index contributed by atoms with van der Waals surface area (Å²) in [5.41, 5.74) is 1.66. The van der Waals surface area contributed by atoms with Crippen molar-refractivity contribution in [3.8, 4) is 11.5 Å². The minimum Gasteiger partial charge on any atom is -0.493 e. The number of benzene rings is 1. The van der Waals surface area contributed by atoms with Gasteiger partial charge in [0.25, 0.3) is 0 Å². The van der Waals surface area contributed by atoms with Crippen LogP contribution >= 0.6 is 11.6 Å². The molecule has 1 fully saturated rings. The second-order valence-electron chi connectivity index (χ2n) is 5.16. The smallest absolute Gasteiger partial charge is 0.304 e. The lowest BCUT2D eigenvalue weighted by molar-refractivity contribution is -0.137. The van der Waals surface area contributed by atoms with Crippen molar-refractivity contribution >= 4 is 17.6 Å². The Morgan fingerprint density at radius 2 is 2.05 bits per heavy atom. The average Bonchev–Trinajstić information content (AvgIpc) is 3.17. The van der Waals surface area contributed by atoms with Gasteiger partial charge in [0.1, 0.15) is 0 Å². The second-order valence-corrected chi connectivity index (χ2v) is 5.53. The molecular formula is C15H19ClO4. The van der Waals surface area contributed by atoms with Crippen LogP contribution in [0.4, 0.5) is 0 Å². The standard InChI is InChI=1S/C15H19ClO4/c1-4-9-10(15(5-6-15)8-12(17)18)7-11(19-2)14(20-3)13(9)16/h7H,4-6,8H2,1-3H3,(H,17,18). The number of aliphatic carboxylic acids is 1. The van der Waals surface area contributed by atoms with Crippen molar-refractivity contribution in [3.63, 3.8) is 0 Å². The summed E-state index contributed by atoms with van der Waals surface area (Å²) in [7, 11) is 3.10. The average molecular weight is 299 g/mol. The van der Waals surface area contributed by atoms with Gasteiger partial charge in [-0.25, -0.2) is 0 Å². The summed E-state index contributed by atoms with van der Waals surface area (Å²) in [5, 5.41) is 9.65. The Morgan fingerprint density at radius 1 is 1.40 bits per heavy atom. The third kappa shape index (κ3) is 2.44. The van der Waals surface area contributed by atoms with E-state index in [-0.39, 0.29) is 11.8 Å². The molecule has 0 saturated heterocycles. The monoisotopic (exact) mass is 298 g/mol. The summed E-state index contributed by atoms with van der Waals surface area (Å²) in [6.45, 7) is 2.01. The van der Waals surface area contributed by atoms with Crippen LogP contribution < -0.4 is 9.47 Å². The van der Waals surface area contributed by atoms with Crippen molar-refractivity contribution in [1.29, 1.82) is 0 Å². The van der Waals surface area contributed by atoms with E-state index < -0.39 is 5.97 Å². The predicted octanol–water partition coefficient (Wildman–Crippen LogP) is 3.43. The SMILES string of the molecule is CCc1c(C2(CC(=O)O)CC2)cc(OC)c(OC)c1Cl. The molecule has 5 heteroatoms. The van der Waals surface area contributed by atoms with Crippen LogP contribution in [-0.4, -0.2) is 25.3 Å². The van der Waals surface area contributed by atoms with Gasteiger partial charge in [0.05, 0.1) is 25.7 Å². The first-order valence-corrected chi connectivity index (χ1v) is 7.02. The molecule has 0 spiro atoms. The van der Waals surface area contributed by atoms with E-state index in [1.54, 1.807) is 14.2 Å². The predicted molar refractivity (Wildman–Crippen MR) is 77.1 cm³/mol. The van der Waals surface area contributed by atoms with E-state index in [0.717, 1.165) is 30.4 Å². The highest BCUT2D eigenvalue weighted by Crippen LogP contribution is 2.55. The number of halogens is 1. The molecule has 0 amide bonds. The van der Waals surface area contributed by atoms with Gasteiger partial charge < -0.3 is 14.6 Å². The number of carboxylic acids is 1. The first-order chi connectivity index (χ1) is 9.49. The van der Waals surface area contributed by atoms with Gasteiger partial charge in [-0.2, -0.15) is 0 Å². The summed E-state index contributed by atoms with van der Waals surface area (Å²) in [6, 6.07) is 1.89. The summed E-state index contributed by atoms with van der Waals surface area (Å²) >= 11 is 6.42. The highest BCUT2D eigenvalue weighted by molar-refractivity contribution is 6.33. The van der Waals surface area contributed by atoms with Crippen molar-refractivity contribution in [2.24, 2.45) is 0 Å². The minimum absolute atomic E-state index is 0.131. The van der Waals surface area contributed by atoms with E-state index in [0.29, 0.717) is 16.5 Å². The van der Waals surface area contributed by atoms with Crippen LogP contribution in [0, 0.1) is 0 Å². The van der Waals surface area contributed by atoms with Crippen LogP contribution in [0.2, 0.25) is 5.02 Å². The molecule has 0 aromatic heterocycles. The largest absolute Gasteiger partial charge is 0.493 e. The Kier molecular flexibility index (Phi) is 4.14. The van der Waals surface area contributed by atoms with Gasteiger partial charge in [0.2, 0.25) is 0 Å². The molecule has 20 heavy (non-hydrogen) atoms. The second kappa shape index (κ2) is 5.52. The summed E-state index contributed by atoms with van der Waals surface area (Å²) in [4.78, 5) is 11.1. The van der Waals surface area contributed by atoms with Gasteiger partial charge in [-0.15, -0.1) is 0 Å². The number of hydrogen-bond donors (Lipinski definition) is 1. The van der Waals surface area contributed by atoms with Crippen LogP contribution in [-0.2, 0) is 16.6 Å². The van der Waals surface area contributed by atoms with Crippen LogP contribution in [0.15, 0.2) is 6.07 Å². The first kappa shape index (κ1) is 15.0.